The number of H-pyrrole nitrogens is 1. The van der Waals surface area contributed by atoms with Crippen molar-refractivity contribution in [2.75, 3.05) is 5.32 Å². The molecule has 3 aromatic carbocycles. The summed E-state index contributed by atoms with van der Waals surface area (Å²) in [5.41, 5.74) is 3.93. The summed E-state index contributed by atoms with van der Waals surface area (Å²) in [6.45, 7) is 6.02. The van der Waals surface area contributed by atoms with Crippen molar-refractivity contribution in [1.29, 1.82) is 10.5 Å². The summed E-state index contributed by atoms with van der Waals surface area (Å²) in [4.78, 5) is 4.14. The van der Waals surface area contributed by atoms with Crippen molar-refractivity contribution in [3.05, 3.63) is 106 Å². The first-order chi connectivity index (χ1) is 18.3. The lowest BCUT2D eigenvalue weighted by molar-refractivity contribution is 0.281. The second-order valence-electron chi connectivity index (χ2n) is 9.98. The zero-order valence-corrected chi connectivity index (χ0v) is 22.4. The third-order valence-electron chi connectivity index (χ3n) is 6.75. The minimum atomic E-state index is -0.710. The zero-order valence-electron chi connectivity index (χ0n) is 21.6. The van der Waals surface area contributed by atoms with Crippen LogP contribution in [0.25, 0.3) is 0 Å². The van der Waals surface area contributed by atoms with Crippen LogP contribution in [-0.4, -0.2) is 21.2 Å². The average molecular weight is 524 g/mol. The first-order valence-electron chi connectivity index (χ1n) is 12.4. The van der Waals surface area contributed by atoms with E-state index in [1.54, 1.807) is 0 Å². The molecule has 3 N–H and O–H groups in total. The molecule has 0 radical (unpaired) electrons. The van der Waals surface area contributed by atoms with E-state index >= 15 is 0 Å². The van der Waals surface area contributed by atoms with Crippen molar-refractivity contribution < 1.29 is 0 Å². The van der Waals surface area contributed by atoms with Gasteiger partial charge >= 0.3 is 0 Å². The van der Waals surface area contributed by atoms with Crippen LogP contribution in [0, 0.1) is 28.1 Å². The number of hydrogen-bond donors (Lipinski definition) is 3. The number of nitriles is 2. The summed E-state index contributed by atoms with van der Waals surface area (Å²) in [6.07, 6.45) is 2.19. The quantitative estimate of drug-likeness (QED) is 0.214. The standard InChI is InChI=1S/C30H30ClN7/c1-20(27(15-21-10-12-25(31)13-11-21)23-7-4-6-22(14-23)17-32)36-28(30(2,3)18-33)24-8-5-9-26(16-24)37-29-34-19-35-38-29/h4-14,16,19-20,27-28,36H,15H2,1-3H3,(H2,34,35,37,38). The third-order valence-corrected chi connectivity index (χ3v) is 7.01. The van der Waals surface area contributed by atoms with E-state index in [1.165, 1.54) is 6.33 Å². The maximum atomic E-state index is 10.1. The Morgan fingerprint density at radius 1 is 1.00 bits per heavy atom. The van der Waals surface area contributed by atoms with Crippen LogP contribution in [0.15, 0.2) is 79.1 Å². The Hall–Kier alpha value is -4.17. The van der Waals surface area contributed by atoms with Crippen LogP contribution < -0.4 is 10.6 Å². The molecule has 192 valence electrons. The molecule has 0 fully saturated rings. The number of halogens is 1. The maximum Gasteiger partial charge on any atom is 0.222 e. The van der Waals surface area contributed by atoms with Crippen LogP contribution in [0.3, 0.4) is 0 Å². The largest absolute Gasteiger partial charge is 0.325 e. The molecule has 0 aliphatic carbocycles. The van der Waals surface area contributed by atoms with Crippen molar-refractivity contribution >= 4 is 23.2 Å². The molecule has 1 heterocycles. The first kappa shape index (κ1) is 26.9. The van der Waals surface area contributed by atoms with Crippen molar-refractivity contribution in [3.63, 3.8) is 0 Å². The Balaban J connectivity index is 1.67. The number of nitrogens with zero attached hydrogens (tertiary/aromatic N) is 4. The second kappa shape index (κ2) is 11.9. The lowest BCUT2D eigenvalue weighted by atomic mass is 9.79. The van der Waals surface area contributed by atoms with Gasteiger partial charge in [0, 0.05) is 22.7 Å². The highest BCUT2D eigenvalue weighted by Crippen LogP contribution is 2.36. The summed E-state index contributed by atoms with van der Waals surface area (Å²) in [5, 5.41) is 34.0. The molecule has 0 aliphatic heterocycles. The van der Waals surface area contributed by atoms with Gasteiger partial charge in [-0.25, -0.2) is 5.10 Å². The monoisotopic (exact) mass is 523 g/mol. The van der Waals surface area contributed by atoms with Gasteiger partial charge in [0.15, 0.2) is 0 Å². The van der Waals surface area contributed by atoms with Crippen LogP contribution >= 0.6 is 11.6 Å². The van der Waals surface area contributed by atoms with E-state index < -0.39 is 5.41 Å². The van der Waals surface area contributed by atoms with Gasteiger partial charge in [0.2, 0.25) is 5.95 Å². The number of hydrogen-bond acceptors (Lipinski definition) is 6. The molecule has 7 nitrogen and oxygen atoms in total. The smallest absolute Gasteiger partial charge is 0.222 e. The zero-order chi connectivity index (χ0) is 27.1. The number of aromatic nitrogens is 3. The second-order valence-corrected chi connectivity index (χ2v) is 10.4. The SMILES string of the molecule is CC(NC(c1cccc(Nc2ncn[nH]2)c1)C(C)(C)C#N)C(Cc1ccc(Cl)cc1)c1cccc(C#N)c1. The van der Waals surface area contributed by atoms with Crippen LogP contribution in [0.5, 0.6) is 0 Å². The molecule has 0 saturated carbocycles. The molecule has 0 aliphatic rings. The highest BCUT2D eigenvalue weighted by Gasteiger charge is 2.34. The maximum absolute atomic E-state index is 10.1. The molecular formula is C30H30ClN7. The van der Waals surface area contributed by atoms with Crippen LogP contribution in [0.2, 0.25) is 5.02 Å². The summed E-state index contributed by atoms with van der Waals surface area (Å²) >= 11 is 6.13. The molecule has 4 rings (SSSR count). The van der Waals surface area contributed by atoms with Gasteiger partial charge in [0.05, 0.1) is 29.2 Å². The van der Waals surface area contributed by atoms with E-state index in [2.05, 4.69) is 50.9 Å². The van der Waals surface area contributed by atoms with Gasteiger partial charge in [-0.2, -0.15) is 20.6 Å². The van der Waals surface area contributed by atoms with Crippen molar-refractivity contribution in [2.45, 2.75) is 45.2 Å². The van der Waals surface area contributed by atoms with Crippen LogP contribution in [0.4, 0.5) is 11.6 Å². The fourth-order valence-electron chi connectivity index (χ4n) is 4.66. The van der Waals surface area contributed by atoms with Gasteiger partial charge < -0.3 is 10.6 Å². The molecule has 38 heavy (non-hydrogen) atoms. The molecule has 0 amide bonds. The van der Waals surface area contributed by atoms with Gasteiger partial charge in [-0.05, 0) is 80.3 Å². The molecule has 0 spiro atoms. The van der Waals surface area contributed by atoms with E-state index in [4.69, 9.17) is 11.6 Å². The minimum absolute atomic E-state index is 0.0388. The molecule has 3 atom stereocenters. The van der Waals surface area contributed by atoms with E-state index in [0.717, 1.165) is 28.8 Å². The predicted molar refractivity (Wildman–Crippen MR) is 150 cm³/mol. The van der Waals surface area contributed by atoms with E-state index in [-0.39, 0.29) is 18.0 Å². The number of nitrogens with one attached hydrogen (secondary N) is 3. The van der Waals surface area contributed by atoms with Crippen molar-refractivity contribution in [2.24, 2.45) is 5.41 Å². The van der Waals surface area contributed by atoms with Crippen molar-refractivity contribution in [1.82, 2.24) is 20.5 Å². The summed E-state index contributed by atoms with van der Waals surface area (Å²) in [5.74, 6) is 0.581. The fraction of sp³-hybridized carbons (Fsp3) is 0.267. The Morgan fingerprint density at radius 3 is 2.42 bits per heavy atom. The van der Waals surface area contributed by atoms with Gasteiger partial charge in [-0.15, -0.1) is 0 Å². The Morgan fingerprint density at radius 2 is 1.74 bits per heavy atom. The van der Waals surface area contributed by atoms with Gasteiger partial charge in [0.25, 0.3) is 0 Å². The average Bonchev–Trinajstić information content (AvgIpc) is 3.44. The van der Waals surface area contributed by atoms with Gasteiger partial charge in [-0.3, -0.25) is 0 Å². The number of rotatable bonds is 10. The fourth-order valence-corrected chi connectivity index (χ4v) is 4.79. The molecule has 3 unspecified atom stereocenters. The van der Waals surface area contributed by atoms with E-state index in [1.807, 2.05) is 80.6 Å². The Labute approximate surface area is 228 Å². The highest BCUT2D eigenvalue weighted by atomic mass is 35.5. The van der Waals surface area contributed by atoms with Gasteiger partial charge in [-0.1, -0.05) is 48.0 Å². The predicted octanol–water partition coefficient (Wildman–Crippen LogP) is 6.67. The molecular weight excluding hydrogens is 494 g/mol. The lowest BCUT2D eigenvalue weighted by Crippen LogP contribution is -2.42. The molecule has 8 heteroatoms. The molecule has 1 aromatic heterocycles. The van der Waals surface area contributed by atoms with E-state index in [9.17, 15) is 10.5 Å². The Bertz CT molecular complexity index is 1430. The van der Waals surface area contributed by atoms with Crippen LogP contribution in [-0.2, 0) is 6.42 Å². The Kier molecular flexibility index (Phi) is 8.43. The lowest BCUT2D eigenvalue weighted by Gasteiger charge is -2.36. The van der Waals surface area contributed by atoms with Crippen molar-refractivity contribution in [3.8, 4) is 12.1 Å². The summed E-state index contributed by atoms with van der Waals surface area (Å²) in [7, 11) is 0. The first-order valence-corrected chi connectivity index (χ1v) is 12.8. The molecule has 0 saturated heterocycles. The summed E-state index contributed by atoms with van der Waals surface area (Å²) in [6, 6.07) is 28.0. The summed E-state index contributed by atoms with van der Waals surface area (Å²) < 4.78 is 0. The minimum Gasteiger partial charge on any atom is -0.325 e. The topological polar surface area (TPSA) is 113 Å². The van der Waals surface area contributed by atoms with E-state index in [0.29, 0.717) is 16.5 Å². The number of benzene rings is 3. The number of anilines is 2. The molecule has 0 bridgehead atoms. The molecule has 4 aromatic rings. The third kappa shape index (κ3) is 6.58. The normalized spacial score (nSPS) is 13.6. The van der Waals surface area contributed by atoms with Crippen LogP contribution in [0.1, 0.15) is 55.0 Å². The van der Waals surface area contributed by atoms with Gasteiger partial charge in [0.1, 0.15) is 6.33 Å². The highest BCUT2D eigenvalue weighted by molar-refractivity contribution is 6.30. The number of aromatic amines is 1.